The Morgan fingerprint density at radius 1 is 0.947 bits per heavy atom. The smallest absolute Gasteiger partial charge is 0.123 e. The lowest BCUT2D eigenvalue weighted by atomic mass is 10.1. The van der Waals surface area contributed by atoms with E-state index in [1.54, 1.807) is 12.1 Å². The summed E-state index contributed by atoms with van der Waals surface area (Å²) in [4.78, 5) is 2.16. The van der Waals surface area contributed by atoms with E-state index in [9.17, 15) is 4.39 Å². The van der Waals surface area contributed by atoms with Gasteiger partial charge in [-0.25, -0.2) is 4.39 Å². The van der Waals surface area contributed by atoms with Crippen LogP contribution in [0.4, 0.5) is 15.8 Å². The molecule has 100 valence electrons. The first-order valence-electron chi connectivity index (χ1n) is 6.51. The van der Waals surface area contributed by atoms with E-state index in [1.807, 2.05) is 7.05 Å². The van der Waals surface area contributed by atoms with Gasteiger partial charge in [0.2, 0.25) is 0 Å². The Morgan fingerprint density at radius 2 is 1.47 bits per heavy atom. The summed E-state index contributed by atoms with van der Waals surface area (Å²) in [6.45, 7) is 3.80. The number of hydrogen-bond acceptors (Lipinski definition) is 2. The van der Waals surface area contributed by atoms with Crippen molar-refractivity contribution in [3.05, 3.63) is 59.9 Å². The maximum atomic E-state index is 13.0. The normalized spacial score (nSPS) is 10.5. The minimum absolute atomic E-state index is 0.204. The minimum Gasteiger partial charge on any atom is -0.342 e. The molecule has 0 aromatic heterocycles. The van der Waals surface area contributed by atoms with Gasteiger partial charge in [-0.05, 0) is 55.9 Å². The van der Waals surface area contributed by atoms with Gasteiger partial charge in [-0.2, -0.15) is 0 Å². The Balaban J connectivity index is 2.23. The summed E-state index contributed by atoms with van der Waals surface area (Å²) in [6, 6.07) is 15.0. The van der Waals surface area contributed by atoms with Gasteiger partial charge in [-0.15, -0.1) is 0 Å². The molecule has 1 N–H and O–H groups in total. The van der Waals surface area contributed by atoms with Crippen molar-refractivity contribution in [2.24, 2.45) is 0 Å². The van der Waals surface area contributed by atoms with Crippen molar-refractivity contribution in [1.29, 1.82) is 0 Å². The molecule has 0 unspecified atom stereocenters. The molecule has 0 spiro atoms. The van der Waals surface area contributed by atoms with Crippen LogP contribution in [0.3, 0.4) is 0 Å². The van der Waals surface area contributed by atoms with Gasteiger partial charge < -0.3 is 10.2 Å². The van der Waals surface area contributed by atoms with Crippen LogP contribution in [0.25, 0.3) is 0 Å². The summed E-state index contributed by atoms with van der Waals surface area (Å²) < 4.78 is 13.0. The average Bonchev–Trinajstić information content (AvgIpc) is 2.44. The van der Waals surface area contributed by atoms with Crippen molar-refractivity contribution in [3.63, 3.8) is 0 Å². The highest BCUT2D eigenvalue weighted by molar-refractivity contribution is 5.63. The van der Waals surface area contributed by atoms with Crippen LogP contribution in [-0.4, -0.2) is 13.6 Å². The Morgan fingerprint density at radius 3 is 1.95 bits per heavy atom. The Kier molecular flexibility index (Phi) is 4.53. The predicted molar refractivity (Wildman–Crippen MR) is 78.3 cm³/mol. The molecule has 2 nitrogen and oxygen atoms in total. The van der Waals surface area contributed by atoms with Crippen molar-refractivity contribution in [2.45, 2.75) is 13.5 Å². The molecule has 19 heavy (non-hydrogen) atoms. The maximum Gasteiger partial charge on any atom is 0.123 e. The number of benzene rings is 2. The van der Waals surface area contributed by atoms with Crippen LogP contribution in [0, 0.1) is 5.82 Å². The largest absolute Gasteiger partial charge is 0.342 e. The topological polar surface area (TPSA) is 15.3 Å². The summed E-state index contributed by atoms with van der Waals surface area (Å²) in [6.07, 6.45) is 0. The van der Waals surface area contributed by atoms with E-state index in [0.29, 0.717) is 0 Å². The van der Waals surface area contributed by atoms with E-state index in [2.05, 4.69) is 41.4 Å². The minimum atomic E-state index is -0.204. The second-order valence-electron chi connectivity index (χ2n) is 4.42. The molecule has 0 aliphatic heterocycles. The van der Waals surface area contributed by atoms with Gasteiger partial charge in [0.1, 0.15) is 5.82 Å². The second kappa shape index (κ2) is 6.34. The first kappa shape index (κ1) is 13.6. The third-order valence-electron chi connectivity index (χ3n) is 3.08. The lowest BCUT2D eigenvalue weighted by molar-refractivity contribution is 0.628. The highest BCUT2D eigenvalue weighted by atomic mass is 19.1. The van der Waals surface area contributed by atoms with Crippen molar-refractivity contribution >= 4 is 11.4 Å². The lowest BCUT2D eigenvalue weighted by Gasteiger charge is -2.23. The van der Waals surface area contributed by atoms with Crippen molar-refractivity contribution in [3.8, 4) is 0 Å². The Labute approximate surface area is 113 Å². The van der Waals surface area contributed by atoms with Gasteiger partial charge in [0.05, 0.1) is 0 Å². The predicted octanol–water partition coefficient (Wildman–Crippen LogP) is 3.70. The van der Waals surface area contributed by atoms with Crippen molar-refractivity contribution in [2.75, 3.05) is 18.5 Å². The first-order chi connectivity index (χ1) is 9.24. The van der Waals surface area contributed by atoms with E-state index in [-0.39, 0.29) is 5.82 Å². The molecule has 0 bridgehead atoms. The summed E-state index contributed by atoms with van der Waals surface area (Å²) in [5.41, 5.74) is 3.38. The number of halogens is 1. The fraction of sp³-hybridized carbons (Fsp3) is 0.250. The fourth-order valence-corrected chi connectivity index (χ4v) is 2.13. The quantitative estimate of drug-likeness (QED) is 0.879. The van der Waals surface area contributed by atoms with Crippen LogP contribution >= 0.6 is 0 Å². The molecule has 2 aromatic rings. The molecule has 0 aliphatic carbocycles. The van der Waals surface area contributed by atoms with Crippen molar-refractivity contribution in [1.82, 2.24) is 5.32 Å². The highest BCUT2D eigenvalue weighted by Gasteiger charge is 2.07. The zero-order chi connectivity index (χ0) is 13.7. The van der Waals surface area contributed by atoms with E-state index in [1.165, 1.54) is 17.7 Å². The molecule has 3 heteroatoms. The number of rotatable bonds is 5. The fourth-order valence-electron chi connectivity index (χ4n) is 2.13. The van der Waals surface area contributed by atoms with E-state index < -0.39 is 0 Å². The molecular formula is C16H19FN2. The van der Waals surface area contributed by atoms with Crippen molar-refractivity contribution < 1.29 is 4.39 Å². The van der Waals surface area contributed by atoms with E-state index in [4.69, 9.17) is 0 Å². The molecule has 0 heterocycles. The lowest BCUT2D eigenvalue weighted by Crippen LogP contribution is -2.16. The molecule has 2 aromatic carbocycles. The average molecular weight is 258 g/mol. The first-order valence-corrected chi connectivity index (χ1v) is 6.51. The number of hydrogen-bond donors (Lipinski definition) is 1. The van der Waals surface area contributed by atoms with Crippen LogP contribution in [0.15, 0.2) is 48.5 Å². The number of nitrogens with zero attached hydrogens (tertiary/aromatic N) is 1. The van der Waals surface area contributed by atoms with Gasteiger partial charge in [0, 0.05) is 24.5 Å². The van der Waals surface area contributed by atoms with E-state index in [0.717, 1.165) is 24.5 Å². The molecule has 0 saturated heterocycles. The van der Waals surface area contributed by atoms with Gasteiger partial charge in [0.15, 0.2) is 0 Å². The standard InChI is InChI=1S/C16H19FN2/c1-3-19(16-10-6-14(17)7-11-16)15-8-4-13(5-9-15)12-18-2/h4-11,18H,3,12H2,1-2H3. The molecular weight excluding hydrogens is 239 g/mol. The third kappa shape index (κ3) is 3.32. The van der Waals surface area contributed by atoms with Gasteiger partial charge in [0.25, 0.3) is 0 Å². The Bertz CT molecular complexity index is 505. The molecule has 0 atom stereocenters. The van der Waals surface area contributed by atoms with Crippen LogP contribution < -0.4 is 10.2 Å². The third-order valence-corrected chi connectivity index (χ3v) is 3.08. The SMILES string of the molecule is CCN(c1ccc(F)cc1)c1ccc(CNC)cc1. The monoisotopic (exact) mass is 258 g/mol. The van der Waals surface area contributed by atoms with E-state index >= 15 is 0 Å². The van der Waals surface area contributed by atoms with Crippen LogP contribution in [0.1, 0.15) is 12.5 Å². The second-order valence-corrected chi connectivity index (χ2v) is 4.42. The van der Waals surface area contributed by atoms with Crippen LogP contribution in [0.5, 0.6) is 0 Å². The van der Waals surface area contributed by atoms with Gasteiger partial charge in [-0.1, -0.05) is 12.1 Å². The molecule has 0 amide bonds. The summed E-state index contributed by atoms with van der Waals surface area (Å²) in [7, 11) is 1.94. The Hall–Kier alpha value is -1.87. The summed E-state index contributed by atoms with van der Waals surface area (Å²) in [5.74, 6) is -0.204. The summed E-state index contributed by atoms with van der Waals surface area (Å²) in [5, 5.41) is 3.13. The molecule has 0 radical (unpaired) electrons. The van der Waals surface area contributed by atoms with Gasteiger partial charge >= 0.3 is 0 Å². The highest BCUT2D eigenvalue weighted by Crippen LogP contribution is 2.25. The van der Waals surface area contributed by atoms with Gasteiger partial charge in [-0.3, -0.25) is 0 Å². The molecule has 0 saturated carbocycles. The zero-order valence-corrected chi connectivity index (χ0v) is 11.4. The molecule has 2 rings (SSSR count). The number of nitrogens with one attached hydrogen (secondary N) is 1. The number of anilines is 2. The molecule has 0 aliphatic rings. The van der Waals surface area contributed by atoms with Crippen LogP contribution in [-0.2, 0) is 6.54 Å². The van der Waals surface area contributed by atoms with Crippen LogP contribution in [0.2, 0.25) is 0 Å². The summed E-state index contributed by atoms with van der Waals surface area (Å²) >= 11 is 0. The maximum absolute atomic E-state index is 13.0. The zero-order valence-electron chi connectivity index (χ0n) is 11.4. The molecule has 0 fully saturated rings.